The molecular weight excluding hydrogens is 253 g/mol. The van der Waals surface area contributed by atoms with Crippen LogP contribution in [0.1, 0.15) is 16.5 Å². The van der Waals surface area contributed by atoms with Crippen molar-refractivity contribution in [2.45, 2.75) is 6.10 Å². The van der Waals surface area contributed by atoms with Crippen molar-refractivity contribution >= 4 is 34.5 Å². The molecule has 78 valence electrons. The SMILES string of the molecule is OC(c1ccccc1)c1sc(Cl)nc1Cl. The average Bonchev–Trinajstić information content (AvgIpc) is 2.58. The first-order valence-corrected chi connectivity index (χ1v) is 5.80. The lowest BCUT2D eigenvalue weighted by Gasteiger charge is -2.07. The standard InChI is InChI=1S/C10H7Cl2NOS/c11-9-8(15-10(12)13-9)7(14)6-4-2-1-3-5-6/h1-5,7,14H. The molecule has 15 heavy (non-hydrogen) atoms. The van der Waals surface area contributed by atoms with Crippen molar-refractivity contribution < 1.29 is 5.11 Å². The number of hydrogen-bond acceptors (Lipinski definition) is 3. The third-order valence-electron chi connectivity index (χ3n) is 1.95. The van der Waals surface area contributed by atoms with E-state index in [0.29, 0.717) is 9.34 Å². The van der Waals surface area contributed by atoms with Gasteiger partial charge in [0, 0.05) is 0 Å². The smallest absolute Gasteiger partial charge is 0.185 e. The Balaban J connectivity index is 2.36. The summed E-state index contributed by atoms with van der Waals surface area (Å²) in [5.74, 6) is 0. The second kappa shape index (κ2) is 4.49. The molecule has 2 rings (SSSR count). The Morgan fingerprint density at radius 3 is 2.40 bits per heavy atom. The summed E-state index contributed by atoms with van der Waals surface area (Å²) in [5, 5.41) is 10.3. The van der Waals surface area contributed by atoms with Crippen molar-refractivity contribution in [3.63, 3.8) is 0 Å². The van der Waals surface area contributed by atoms with Crippen LogP contribution < -0.4 is 0 Å². The topological polar surface area (TPSA) is 33.1 Å². The number of aliphatic hydroxyl groups is 1. The molecule has 1 N–H and O–H groups in total. The van der Waals surface area contributed by atoms with Crippen LogP contribution in [-0.2, 0) is 0 Å². The van der Waals surface area contributed by atoms with E-state index in [4.69, 9.17) is 23.2 Å². The van der Waals surface area contributed by atoms with Crippen molar-refractivity contribution in [2.24, 2.45) is 0 Å². The van der Waals surface area contributed by atoms with Crippen molar-refractivity contribution in [3.8, 4) is 0 Å². The summed E-state index contributed by atoms with van der Waals surface area (Å²) >= 11 is 12.7. The number of aliphatic hydroxyl groups excluding tert-OH is 1. The van der Waals surface area contributed by atoms with E-state index in [9.17, 15) is 5.11 Å². The first kappa shape index (κ1) is 10.9. The van der Waals surface area contributed by atoms with Gasteiger partial charge in [-0.05, 0) is 5.56 Å². The van der Waals surface area contributed by atoms with Crippen molar-refractivity contribution in [1.29, 1.82) is 0 Å². The number of hydrogen-bond donors (Lipinski definition) is 1. The van der Waals surface area contributed by atoms with Gasteiger partial charge in [0.05, 0.1) is 4.88 Å². The molecule has 2 aromatic rings. The zero-order valence-corrected chi connectivity index (χ0v) is 9.85. The van der Waals surface area contributed by atoms with E-state index in [1.807, 2.05) is 30.3 Å². The van der Waals surface area contributed by atoms with Gasteiger partial charge in [0.15, 0.2) is 4.47 Å². The van der Waals surface area contributed by atoms with Crippen molar-refractivity contribution in [1.82, 2.24) is 4.98 Å². The number of rotatable bonds is 2. The van der Waals surface area contributed by atoms with Crippen LogP contribution in [0.15, 0.2) is 30.3 Å². The summed E-state index contributed by atoms with van der Waals surface area (Å²) in [6.45, 7) is 0. The molecule has 0 saturated carbocycles. The highest BCUT2D eigenvalue weighted by Crippen LogP contribution is 2.34. The van der Waals surface area contributed by atoms with Gasteiger partial charge in [-0.3, -0.25) is 0 Å². The average molecular weight is 260 g/mol. The molecule has 2 nitrogen and oxygen atoms in total. The molecule has 0 spiro atoms. The summed E-state index contributed by atoms with van der Waals surface area (Å²) in [7, 11) is 0. The molecule has 0 aliphatic carbocycles. The zero-order valence-electron chi connectivity index (χ0n) is 7.52. The van der Waals surface area contributed by atoms with E-state index in [1.165, 1.54) is 11.3 Å². The highest BCUT2D eigenvalue weighted by atomic mass is 35.5. The number of benzene rings is 1. The Morgan fingerprint density at radius 1 is 1.20 bits per heavy atom. The summed E-state index contributed by atoms with van der Waals surface area (Å²) in [5.41, 5.74) is 0.778. The second-order valence-electron chi connectivity index (χ2n) is 2.94. The molecule has 0 fully saturated rings. The second-order valence-corrected chi connectivity index (χ2v) is 4.91. The first-order chi connectivity index (χ1) is 7.18. The Hall–Kier alpha value is -0.610. The van der Waals surface area contributed by atoms with Gasteiger partial charge in [-0.1, -0.05) is 53.5 Å². The monoisotopic (exact) mass is 259 g/mol. The molecule has 0 bridgehead atoms. The molecule has 5 heteroatoms. The maximum atomic E-state index is 10.0. The molecule has 1 aromatic carbocycles. The van der Waals surface area contributed by atoms with Crippen LogP contribution in [0.4, 0.5) is 0 Å². The number of nitrogens with zero attached hydrogens (tertiary/aromatic N) is 1. The lowest BCUT2D eigenvalue weighted by atomic mass is 10.1. The maximum Gasteiger partial charge on any atom is 0.185 e. The van der Waals surface area contributed by atoms with Crippen LogP contribution in [0.5, 0.6) is 0 Å². The molecule has 0 radical (unpaired) electrons. The first-order valence-electron chi connectivity index (χ1n) is 4.23. The zero-order chi connectivity index (χ0) is 10.8. The fourth-order valence-electron chi connectivity index (χ4n) is 1.24. The minimum atomic E-state index is -0.760. The maximum absolute atomic E-state index is 10.0. The molecule has 1 atom stereocenters. The number of halogens is 2. The summed E-state index contributed by atoms with van der Waals surface area (Å²) in [6.07, 6.45) is -0.760. The molecule has 0 saturated heterocycles. The Morgan fingerprint density at radius 2 is 1.87 bits per heavy atom. The molecule has 0 aliphatic heterocycles. The highest BCUT2D eigenvalue weighted by molar-refractivity contribution is 7.16. The molecule has 0 amide bonds. The Bertz CT molecular complexity index is 458. The van der Waals surface area contributed by atoms with Gasteiger partial charge in [0.2, 0.25) is 0 Å². The molecular formula is C10H7Cl2NOS. The Kier molecular flexibility index (Phi) is 3.26. The third kappa shape index (κ3) is 2.32. The summed E-state index contributed by atoms with van der Waals surface area (Å²) in [6, 6.07) is 9.25. The fraction of sp³-hybridized carbons (Fsp3) is 0.100. The molecule has 0 aliphatic rings. The lowest BCUT2D eigenvalue weighted by Crippen LogP contribution is -1.97. The van der Waals surface area contributed by atoms with Crippen LogP contribution in [0.3, 0.4) is 0 Å². The molecule has 1 unspecified atom stereocenters. The van der Waals surface area contributed by atoms with Gasteiger partial charge in [-0.2, -0.15) is 0 Å². The van der Waals surface area contributed by atoms with E-state index in [-0.39, 0.29) is 5.15 Å². The summed E-state index contributed by atoms with van der Waals surface area (Å²) in [4.78, 5) is 4.42. The number of aromatic nitrogens is 1. The van der Waals surface area contributed by atoms with Gasteiger partial charge < -0.3 is 5.11 Å². The van der Waals surface area contributed by atoms with Crippen LogP contribution in [-0.4, -0.2) is 10.1 Å². The van der Waals surface area contributed by atoms with Gasteiger partial charge >= 0.3 is 0 Å². The quantitative estimate of drug-likeness (QED) is 0.895. The van der Waals surface area contributed by atoms with Crippen LogP contribution in [0.25, 0.3) is 0 Å². The van der Waals surface area contributed by atoms with Crippen LogP contribution >= 0.6 is 34.5 Å². The van der Waals surface area contributed by atoms with E-state index in [2.05, 4.69) is 4.98 Å². The predicted octanol–water partition coefficient (Wildman–Crippen LogP) is 3.53. The summed E-state index contributed by atoms with van der Waals surface area (Å²) < 4.78 is 0.338. The van der Waals surface area contributed by atoms with Gasteiger partial charge in [0.25, 0.3) is 0 Å². The fourth-order valence-corrected chi connectivity index (χ4v) is 2.67. The Labute approximate surface area is 101 Å². The molecule has 1 aromatic heterocycles. The van der Waals surface area contributed by atoms with Crippen LogP contribution in [0.2, 0.25) is 9.62 Å². The van der Waals surface area contributed by atoms with Crippen molar-refractivity contribution in [2.75, 3.05) is 0 Å². The van der Waals surface area contributed by atoms with Gasteiger partial charge in [-0.15, -0.1) is 11.3 Å². The van der Waals surface area contributed by atoms with E-state index in [1.54, 1.807) is 0 Å². The third-order valence-corrected chi connectivity index (χ3v) is 3.56. The van der Waals surface area contributed by atoms with E-state index >= 15 is 0 Å². The van der Waals surface area contributed by atoms with E-state index in [0.717, 1.165) is 5.56 Å². The minimum absolute atomic E-state index is 0.265. The highest BCUT2D eigenvalue weighted by Gasteiger charge is 2.18. The normalized spacial score (nSPS) is 12.7. The lowest BCUT2D eigenvalue weighted by molar-refractivity contribution is 0.224. The van der Waals surface area contributed by atoms with Crippen molar-refractivity contribution in [3.05, 3.63) is 50.4 Å². The largest absolute Gasteiger partial charge is 0.383 e. The van der Waals surface area contributed by atoms with Crippen LogP contribution in [0, 0.1) is 0 Å². The minimum Gasteiger partial charge on any atom is -0.383 e. The molecule has 1 heterocycles. The van der Waals surface area contributed by atoms with Gasteiger partial charge in [0.1, 0.15) is 11.3 Å². The predicted molar refractivity (Wildman–Crippen MR) is 62.6 cm³/mol. The van der Waals surface area contributed by atoms with E-state index < -0.39 is 6.10 Å². The number of thiazole rings is 1. The van der Waals surface area contributed by atoms with Gasteiger partial charge in [-0.25, -0.2) is 4.98 Å².